The van der Waals surface area contributed by atoms with Crippen LogP contribution in [-0.4, -0.2) is 15.5 Å². The van der Waals surface area contributed by atoms with E-state index in [2.05, 4.69) is 10.3 Å². The molecule has 28 heavy (non-hydrogen) atoms. The molecule has 0 unspecified atom stereocenters. The number of thiazole rings is 1. The molecule has 0 aliphatic heterocycles. The molecule has 0 spiro atoms. The standard InChI is InChI=1S/C20H13Cl2N3O2S/c1-25-9-14(18(26)13-3-2-4-15(22)17(13)25)19(27)24-20-23-16(10-28-20)11-5-7-12(21)8-6-11/h2-10H,1H3,(H,23,24,27). The van der Waals surface area contributed by atoms with Crippen molar-refractivity contribution in [2.45, 2.75) is 0 Å². The van der Waals surface area contributed by atoms with E-state index in [1.165, 1.54) is 17.5 Å². The van der Waals surface area contributed by atoms with E-state index in [0.29, 0.717) is 26.1 Å². The topological polar surface area (TPSA) is 64.0 Å². The lowest BCUT2D eigenvalue weighted by Gasteiger charge is -2.10. The summed E-state index contributed by atoms with van der Waals surface area (Å²) in [5.74, 6) is -0.514. The first kappa shape index (κ1) is 18.7. The molecule has 0 aliphatic carbocycles. The first-order chi connectivity index (χ1) is 13.4. The molecule has 0 fully saturated rings. The number of aromatic nitrogens is 2. The van der Waals surface area contributed by atoms with Crippen LogP contribution in [0.15, 0.2) is 58.8 Å². The number of hydrogen-bond donors (Lipinski definition) is 1. The molecule has 0 aliphatic rings. The fraction of sp³-hybridized carbons (Fsp3) is 0.0500. The summed E-state index contributed by atoms with van der Waals surface area (Å²) < 4.78 is 1.68. The molecule has 0 radical (unpaired) electrons. The Hall–Kier alpha value is -2.67. The molecular formula is C20H13Cl2N3O2S. The Labute approximate surface area is 174 Å². The number of hydrogen-bond acceptors (Lipinski definition) is 4. The van der Waals surface area contributed by atoms with Crippen LogP contribution in [-0.2, 0) is 7.05 Å². The van der Waals surface area contributed by atoms with Gasteiger partial charge in [-0.15, -0.1) is 11.3 Å². The molecule has 1 amide bonds. The summed E-state index contributed by atoms with van der Waals surface area (Å²) in [5, 5.41) is 6.43. The van der Waals surface area contributed by atoms with Crippen molar-refractivity contribution in [2.24, 2.45) is 7.05 Å². The van der Waals surface area contributed by atoms with Gasteiger partial charge in [-0.1, -0.05) is 41.4 Å². The third-order valence-corrected chi connectivity index (χ3v) is 5.58. The average Bonchev–Trinajstić information content (AvgIpc) is 3.13. The van der Waals surface area contributed by atoms with Crippen LogP contribution in [0.3, 0.4) is 0 Å². The van der Waals surface area contributed by atoms with Crippen LogP contribution in [0.5, 0.6) is 0 Å². The summed E-state index contributed by atoms with van der Waals surface area (Å²) in [6, 6.07) is 12.3. The summed E-state index contributed by atoms with van der Waals surface area (Å²) >= 11 is 13.4. The predicted octanol–water partition coefficient (Wildman–Crippen LogP) is 5.22. The maximum absolute atomic E-state index is 12.8. The normalized spacial score (nSPS) is 11.0. The zero-order chi connectivity index (χ0) is 19.8. The smallest absolute Gasteiger partial charge is 0.262 e. The molecule has 140 valence electrons. The third-order valence-electron chi connectivity index (χ3n) is 4.26. The van der Waals surface area contributed by atoms with Crippen LogP contribution >= 0.6 is 34.5 Å². The molecule has 2 aromatic carbocycles. The van der Waals surface area contributed by atoms with Gasteiger partial charge in [-0.3, -0.25) is 14.9 Å². The van der Waals surface area contributed by atoms with Gasteiger partial charge in [0, 0.05) is 34.6 Å². The van der Waals surface area contributed by atoms with Gasteiger partial charge in [-0.25, -0.2) is 4.98 Å². The van der Waals surface area contributed by atoms with Crippen molar-refractivity contribution in [3.8, 4) is 11.3 Å². The van der Waals surface area contributed by atoms with Crippen LogP contribution in [0.4, 0.5) is 5.13 Å². The zero-order valence-corrected chi connectivity index (χ0v) is 16.9. The van der Waals surface area contributed by atoms with E-state index in [9.17, 15) is 9.59 Å². The fourth-order valence-corrected chi connectivity index (χ4v) is 4.08. The summed E-state index contributed by atoms with van der Waals surface area (Å²) in [7, 11) is 1.74. The molecular weight excluding hydrogens is 417 g/mol. The molecule has 5 nitrogen and oxygen atoms in total. The predicted molar refractivity (Wildman–Crippen MR) is 115 cm³/mol. The van der Waals surface area contributed by atoms with E-state index in [1.54, 1.807) is 41.9 Å². The molecule has 0 atom stereocenters. The fourth-order valence-electron chi connectivity index (χ4n) is 2.93. The average molecular weight is 430 g/mol. The number of carbonyl (C=O) groups is 1. The van der Waals surface area contributed by atoms with Gasteiger partial charge >= 0.3 is 0 Å². The first-order valence-electron chi connectivity index (χ1n) is 8.25. The van der Waals surface area contributed by atoms with Gasteiger partial charge in [-0.2, -0.15) is 0 Å². The van der Waals surface area contributed by atoms with E-state index in [4.69, 9.17) is 23.2 Å². The summed E-state index contributed by atoms with van der Waals surface area (Å²) in [6.07, 6.45) is 1.49. The molecule has 0 saturated carbocycles. The van der Waals surface area contributed by atoms with Gasteiger partial charge in [0.15, 0.2) is 5.13 Å². The Kier molecular flexibility index (Phi) is 4.93. The molecule has 1 N–H and O–H groups in total. The van der Waals surface area contributed by atoms with Gasteiger partial charge < -0.3 is 4.57 Å². The number of nitrogens with zero attached hydrogens (tertiary/aromatic N) is 2. The molecule has 0 saturated heterocycles. The minimum Gasteiger partial charge on any atom is -0.348 e. The minimum absolute atomic E-state index is 0.0282. The van der Waals surface area contributed by atoms with Crippen molar-refractivity contribution < 1.29 is 4.79 Å². The van der Waals surface area contributed by atoms with Crippen LogP contribution in [0.25, 0.3) is 22.2 Å². The van der Waals surface area contributed by atoms with Gasteiger partial charge in [0.2, 0.25) is 5.43 Å². The number of pyridine rings is 1. The minimum atomic E-state index is -0.514. The van der Waals surface area contributed by atoms with E-state index in [0.717, 1.165) is 11.3 Å². The Bertz CT molecular complexity index is 1260. The van der Waals surface area contributed by atoms with E-state index >= 15 is 0 Å². The Morgan fingerprint density at radius 3 is 2.64 bits per heavy atom. The second kappa shape index (κ2) is 7.39. The maximum Gasteiger partial charge on any atom is 0.262 e. The molecule has 2 heterocycles. The molecule has 4 aromatic rings. The molecule has 4 rings (SSSR count). The first-order valence-corrected chi connectivity index (χ1v) is 9.88. The zero-order valence-electron chi connectivity index (χ0n) is 14.6. The largest absolute Gasteiger partial charge is 0.348 e. The van der Waals surface area contributed by atoms with Crippen molar-refractivity contribution in [3.05, 3.63) is 79.9 Å². The van der Waals surface area contributed by atoms with E-state index < -0.39 is 5.91 Å². The van der Waals surface area contributed by atoms with Crippen molar-refractivity contribution in [1.29, 1.82) is 0 Å². The van der Waals surface area contributed by atoms with Gasteiger partial charge in [-0.05, 0) is 24.3 Å². The number of carbonyl (C=O) groups excluding carboxylic acids is 1. The summed E-state index contributed by atoms with van der Waals surface area (Å²) in [6.45, 7) is 0. The molecule has 0 bridgehead atoms. The number of halogens is 2. The lowest BCUT2D eigenvalue weighted by atomic mass is 10.1. The number of anilines is 1. The van der Waals surface area contributed by atoms with E-state index in [-0.39, 0.29) is 11.0 Å². The number of fused-ring (bicyclic) bond motifs is 1. The summed E-state index contributed by atoms with van der Waals surface area (Å²) in [4.78, 5) is 29.9. The van der Waals surface area contributed by atoms with Crippen LogP contribution in [0, 0.1) is 0 Å². The Morgan fingerprint density at radius 1 is 1.14 bits per heavy atom. The lowest BCUT2D eigenvalue weighted by Crippen LogP contribution is -2.23. The quantitative estimate of drug-likeness (QED) is 0.485. The SMILES string of the molecule is Cn1cc(C(=O)Nc2nc(-c3ccc(Cl)cc3)cs2)c(=O)c2cccc(Cl)c21. The second-order valence-corrected chi connectivity index (χ2v) is 7.82. The highest BCUT2D eigenvalue weighted by Crippen LogP contribution is 2.26. The van der Waals surface area contributed by atoms with E-state index in [1.807, 2.05) is 17.5 Å². The highest BCUT2D eigenvalue weighted by Gasteiger charge is 2.17. The number of nitrogens with one attached hydrogen (secondary N) is 1. The number of rotatable bonds is 3. The molecule has 2 aromatic heterocycles. The molecule has 8 heteroatoms. The van der Waals surface area contributed by atoms with Crippen LogP contribution < -0.4 is 10.7 Å². The van der Waals surface area contributed by atoms with Crippen molar-refractivity contribution >= 4 is 56.5 Å². The van der Waals surface area contributed by atoms with Gasteiger partial charge in [0.25, 0.3) is 5.91 Å². The van der Waals surface area contributed by atoms with Gasteiger partial charge in [0.1, 0.15) is 5.56 Å². The highest BCUT2D eigenvalue weighted by atomic mass is 35.5. The number of para-hydroxylation sites is 1. The maximum atomic E-state index is 12.8. The second-order valence-electron chi connectivity index (χ2n) is 6.12. The lowest BCUT2D eigenvalue weighted by molar-refractivity contribution is 0.102. The van der Waals surface area contributed by atoms with Gasteiger partial charge in [0.05, 0.1) is 16.2 Å². The number of aryl methyl sites for hydroxylation is 1. The van der Waals surface area contributed by atoms with Crippen molar-refractivity contribution in [2.75, 3.05) is 5.32 Å². The highest BCUT2D eigenvalue weighted by molar-refractivity contribution is 7.14. The summed E-state index contributed by atoms with van der Waals surface area (Å²) in [5.41, 5.74) is 1.85. The monoisotopic (exact) mass is 429 g/mol. The van der Waals surface area contributed by atoms with Crippen LogP contribution in [0.1, 0.15) is 10.4 Å². The third kappa shape index (κ3) is 3.42. The van der Waals surface area contributed by atoms with Crippen molar-refractivity contribution in [1.82, 2.24) is 9.55 Å². The number of amides is 1. The Morgan fingerprint density at radius 2 is 1.89 bits per heavy atom. The van der Waals surface area contributed by atoms with Crippen molar-refractivity contribution in [3.63, 3.8) is 0 Å². The Balaban J connectivity index is 1.65. The van der Waals surface area contributed by atoms with Crippen LogP contribution in [0.2, 0.25) is 10.0 Å². The number of benzene rings is 2.